The van der Waals surface area contributed by atoms with E-state index >= 15 is 0 Å². The third kappa shape index (κ3) is 6.12. The Hall–Kier alpha value is -1.73. The van der Waals surface area contributed by atoms with Gasteiger partial charge in [0.25, 0.3) is 0 Å². The predicted octanol–water partition coefficient (Wildman–Crippen LogP) is 1.85. The maximum absolute atomic E-state index is 12.0. The molecule has 1 rings (SSSR count). The van der Waals surface area contributed by atoms with Crippen LogP contribution in [0.5, 0.6) is 0 Å². The van der Waals surface area contributed by atoms with Crippen LogP contribution in [0.4, 0.5) is 13.2 Å². The minimum Gasteiger partial charge on any atom is -0.359 e. The third-order valence-corrected chi connectivity index (χ3v) is 2.32. The van der Waals surface area contributed by atoms with Crippen molar-refractivity contribution in [1.29, 1.82) is 0 Å². The number of nitrogens with one attached hydrogen (secondary N) is 2. The molecule has 0 saturated carbocycles. The van der Waals surface area contributed by atoms with Gasteiger partial charge in [-0.1, -0.05) is 12.1 Å². The summed E-state index contributed by atoms with van der Waals surface area (Å²) in [4.78, 5) is 3.81. The number of hydrogen-bond acceptors (Lipinski definition) is 3. The van der Waals surface area contributed by atoms with Gasteiger partial charge in [-0.15, -0.1) is 0 Å². The lowest BCUT2D eigenvalue weighted by atomic mass is 10.3. The number of aliphatic imine (C=N–C) groups is 1. The van der Waals surface area contributed by atoms with Crippen LogP contribution in [0.2, 0.25) is 0 Å². The van der Waals surface area contributed by atoms with E-state index in [1.165, 1.54) is 7.05 Å². The van der Waals surface area contributed by atoms with Crippen molar-refractivity contribution in [1.82, 2.24) is 15.8 Å². The molecule has 0 radical (unpaired) electrons. The highest BCUT2D eigenvalue weighted by Gasteiger charge is 2.26. The zero-order chi connectivity index (χ0) is 14.3. The molecule has 0 fully saturated rings. The number of hydrogen-bond donors (Lipinski definition) is 2. The second kappa shape index (κ2) is 7.01. The first-order valence-electron chi connectivity index (χ1n) is 5.90. The van der Waals surface area contributed by atoms with Crippen molar-refractivity contribution in [3.63, 3.8) is 0 Å². The number of aryl methyl sites for hydroxylation is 1. The van der Waals surface area contributed by atoms with E-state index in [9.17, 15) is 13.2 Å². The molecule has 0 aromatic carbocycles. The molecule has 0 atom stereocenters. The van der Waals surface area contributed by atoms with Gasteiger partial charge >= 0.3 is 6.18 Å². The predicted molar refractivity (Wildman–Crippen MR) is 64.8 cm³/mol. The average Bonchev–Trinajstić information content (AvgIpc) is 2.80. The Morgan fingerprint density at radius 2 is 2.16 bits per heavy atom. The quantitative estimate of drug-likeness (QED) is 0.637. The summed E-state index contributed by atoms with van der Waals surface area (Å²) < 4.78 is 41.0. The van der Waals surface area contributed by atoms with Gasteiger partial charge in [0.05, 0.1) is 18.7 Å². The van der Waals surface area contributed by atoms with Crippen molar-refractivity contribution in [2.45, 2.75) is 32.5 Å². The van der Waals surface area contributed by atoms with E-state index in [1.807, 2.05) is 6.92 Å². The molecule has 19 heavy (non-hydrogen) atoms. The van der Waals surface area contributed by atoms with Crippen LogP contribution in [0.1, 0.15) is 24.8 Å². The smallest absolute Gasteiger partial charge is 0.359 e. The molecule has 0 aliphatic carbocycles. The molecular weight excluding hydrogens is 261 g/mol. The molecular formula is C11H17F3N4O. The van der Waals surface area contributed by atoms with Gasteiger partial charge in [-0.25, -0.2) is 0 Å². The fourth-order valence-electron chi connectivity index (χ4n) is 1.32. The minimum absolute atomic E-state index is 0.222. The summed E-state index contributed by atoms with van der Waals surface area (Å²) in [7, 11) is 1.49. The van der Waals surface area contributed by atoms with Gasteiger partial charge in [-0.2, -0.15) is 13.2 Å². The van der Waals surface area contributed by atoms with Crippen LogP contribution >= 0.6 is 0 Å². The topological polar surface area (TPSA) is 62.5 Å². The van der Waals surface area contributed by atoms with Gasteiger partial charge < -0.3 is 15.2 Å². The average molecular weight is 278 g/mol. The summed E-state index contributed by atoms with van der Waals surface area (Å²) in [5.41, 5.74) is 0.830. The Balaban J connectivity index is 2.33. The van der Waals surface area contributed by atoms with E-state index in [1.54, 1.807) is 6.07 Å². The lowest BCUT2D eigenvalue weighted by Gasteiger charge is -2.11. The second-order valence-corrected chi connectivity index (χ2v) is 3.86. The highest BCUT2D eigenvalue weighted by Crippen LogP contribution is 2.18. The number of halogens is 3. The molecule has 2 N–H and O–H groups in total. The minimum atomic E-state index is -4.17. The highest BCUT2D eigenvalue weighted by atomic mass is 19.4. The van der Waals surface area contributed by atoms with Crippen molar-refractivity contribution in [3.8, 4) is 0 Å². The molecule has 0 aliphatic rings. The zero-order valence-electron chi connectivity index (χ0n) is 10.8. The fraction of sp³-hybridized carbons (Fsp3) is 0.636. The van der Waals surface area contributed by atoms with Gasteiger partial charge in [0.2, 0.25) is 0 Å². The molecule has 8 heteroatoms. The Bertz CT molecular complexity index is 414. The molecule has 1 aromatic heterocycles. The number of guanidine groups is 1. The summed E-state index contributed by atoms with van der Waals surface area (Å²) in [6.45, 7) is 2.05. The van der Waals surface area contributed by atoms with Crippen molar-refractivity contribution in [2.24, 2.45) is 4.99 Å². The summed E-state index contributed by atoms with van der Waals surface area (Å²) in [6.07, 6.45) is -4.31. The molecule has 0 spiro atoms. The van der Waals surface area contributed by atoms with Crippen LogP contribution in [-0.2, 0) is 13.0 Å². The van der Waals surface area contributed by atoms with E-state index in [0.717, 1.165) is 12.1 Å². The summed E-state index contributed by atoms with van der Waals surface area (Å²) in [5.74, 6) is 0.898. The first kappa shape index (κ1) is 15.3. The van der Waals surface area contributed by atoms with E-state index in [2.05, 4.69) is 20.8 Å². The van der Waals surface area contributed by atoms with Gasteiger partial charge in [-0.05, 0) is 6.42 Å². The maximum Gasteiger partial charge on any atom is 0.390 e. The molecule has 0 amide bonds. The molecule has 0 saturated heterocycles. The fourth-order valence-corrected chi connectivity index (χ4v) is 1.32. The molecule has 0 bridgehead atoms. The summed E-state index contributed by atoms with van der Waals surface area (Å²) in [5, 5.41) is 9.23. The maximum atomic E-state index is 12.0. The largest absolute Gasteiger partial charge is 0.390 e. The molecule has 0 aliphatic heterocycles. The van der Waals surface area contributed by atoms with Crippen molar-refractivity contribution >= 4 is 5.96 Å². The Kier molecular flexibility index (Phi) is 5.65. The van der Waals surface area contributed by atoms with E-state index < -0.39 is 12.6 Å². The van der Waals surface area contributed by atoms with E-state index in [-0.39, 0.29) is 6.54 Å². The zero-order valence-corrected chi connectivity index (χ0v) is 10.8. The Morgan fingerprint density at radius 1 is 1.42 bits per heavy atom. The molecule has 1 heterocycles. The van der Waals surface area contributed by atoms with E-state index in [0.29, 0.717) is 18.3 Å². The standard InChI is InChI=1S/C11H17F3N4O/c1-3-8-6-9(19-18-8)7-17-10(15-2)16-5-4-11(12,13)14/h6H,3-5,7H2,1-2H3,(H2,15,16,17). The van der Waals surface area contributed by atoms with Crippen LogP contribution in [-0.4, -0.2) is 30.9 Å². The first-order valence-corrected chi connectivity index (χ1v) is 5.90. The van der Waals surface area contributed by atoms with Gasteiger partial charge in [0.1, 0.15) is 0 Å². The molecule has 5 nitrogen and oxygen atoms in total. The van der Waals surface area contributed by atoms with Crippen LogP contribution < -0.4 is 10.6 Å². The molecule has 1 aromatic rings. The SMILES string of the molecule is CCc1cc(CNC(=NC)NCCC(F)(F)F)on1. The Morgan fingerprint density at radius 3 is 2.68 bits per heavy atom. The summed E-state index contributed by atoms with van der Waals surface area (Å²) >= 11 is 0. The number of nitrogens with zero attached hydrogens (tertiary/aromatic N) is 2. The van der Waals surface area contributed by atoms with Crippen LogP contribution in [0.3, 0.4) is 0 Å². The second-order valence-electron chi connectivity index (χ2n) is 3.86. The van der Waals surface area contributed by atoms with Crippen LogP contribution in [0, 0.1) is 0 Å². The van der Waals surface area contributed by atoms with Gasteiger partial charge in [0, 0.05) is 19.7 Å². The van der Waals surface area contributed by atoms with Crippen LogP contribution in [0.25, 0.3) is 0 Å². The van der Waals surface area contributed by atoms with E-state index in [4.69, 9.17) is 4.52 Å². The summed E-state index contributed by atoms with van der Waals surface area (Å²) in [6, 6.07) is 1.79. The molecule has 108 valence electrons. The lowest BCUT2D eigenvalue weighted by molar-refractivity contribution is -0.132. The number of alkyl halides is 3. The highest BCUT2D eigenvalue weighted by molar-refractivity contribution is 5.79. The monoisotopic (exact) mass is 278 g/mol. The van der Waals surface area contributed by atoms with Crippen molar-refractivity contribution in [3.05, 3.63) is 17.5 Å². The normalized spacial score (nSPS) is 12.6. The number of rotatable bonds is 5. The first-order chi connectivity index (χ1) is 8.94. The van der Waals surface area contributed by atoms with Gasteiger partial charge in [0.15, 0.2) is 11.7 Å². The molecule has 0 unspecified atom stereocenters. The van der Waals surface area contributed by atoms with Crippen LogP contribution in [0.15, 0.2) is 15.6 Å². The third-order valence-electron chi connectivity index (χ3n) is 2.32. The van der Waals surface area contributed by atoms with Crippen molar-refractivity contribution < 1.29 is 17.7 Å². The lowest BCUT2D eigenvalue weighted by Crippen LogP contribution is -2.38. The van der Waals surface area contributed by atoms with Gasteiger partial charge in [-0.3, -0.25) is 4.99 Å². The Labute approximate surface area is 109 Å². The number of aromatic nitrogens is 1. The van der Waals surface area contributed by atoms with Crippen molar-refractivity contribution in [2.75, 3.05) is 13.6 Å².